The van der Waals surface area contributed by atoms with E-state index >= 15 is 0 Å². The Balaban J connectivity index is 1.12. The molecule has 0 N–H and O–H groups in total. The number of hydrogen-bond donors (Lipinski definition) is 0. The van der Waals surface area contributed by atoms with Crippen LogP contribution in [0, 0.1) is 6.92 Å². The zero-order valence-electron chi connectivity index (χ0n) is 33.2. The summed E-state index contributed by atoms with van der Waals surface area (Å²) < 4.78 is 0. The predicted molar refractivity (Wildman–Crippen MR) is 250 cm³/mol. The van der Waals surface area contributed by atoms with Gasteiger partial charge >= 0.3 is 0 Å². The molecule has 0 heterocycles. The summed E-state index contributed by atoms with van der Waals surface area (Å²) in [5.41, 5.74) is 14.2. The average molecular weight is 745 g/mol. The van der Waals surface area contributed by atoms with Gasteiger partial charge in [-0.25, -0.2) is 0 Å². The molecule has 1 aliphatic rings. The van der Waals surface area contributed by atoms with Gasteiger partial charge in [0.2, 0.25) is 0 Å². The third kappa shape index (κ3) is 5.88. The van der Waals surface area contributed by atoms with E-state index in [-0.39, 0.29) is 5.41 Å². The van der Waals surface area contributed by atoms with E-state index in [0.29, 0.717) is 0 Å². The lowest BCUT2D eigenvalue weighted by atomic mass is 9.82. The van der Waals surface area contributed by atoms with Crippen molar-refractivity contribution in [2.45, 2.75) is 26.2 Å². The van der Waals surface area contributed by atoms with Gasteiger partial charge in [0, 0.05) is 39.2 Å². The van der Waals surface area contributed by atoms with Gasteiger partial charge in [0.15, 0.2) is 0 Å². The first-order chi connectivity index (χ1) is 28.4. The molecule has 0 atom stereocenters. The molecule has 278 valence electrons. The molecule has 2 heteroatoms. The SMILES string of the molecule is C=C/C=C\c1cccc(N(c2ccc3c(c2)C(C)(C)c2cc(N(c4ccc5ccccc5c4)c4cccc5ccccc45)ccc2-3)c2ccc3ccccc3c2)c1C. The van der Waals surface area contributed by atoms with Gasteiger partial charge in [0.25, 0.3) is 0 Å². The fourth-order valence-electron chi connectivity index (χ4n) is 9.12. The highest BCUT2D eigenvalue weighted by atomic mass is 15.2. The van der Waals surface area contributed by atoms with Gasteiger partial charge in [0.1, 0.15) is 0 Å². The molecule has 58 heavy (non-hydrogen) atoms. The molecule has 0 saturated carbocycles. The number of rotatable bonds is 8. The van der Waals surface area contributed by atoms with Crippen molar-refractivity contribution in [2.75, 3.05) is 9.80 Å². The Bertz CT molecular complexity index is 3090. The Kier molecular flexibility index (Phi) is 8.57. The molecular weight excluding hydrogens is 701 g/mol. The van der Waals surface area contributed by atoms with Crippen molar-refractivity contribution in [3.63, 3.8) is 0 Å². The van der Waals surface area contributed by atoms with E-state index < -0.39 is 0 Å². The molecule has 1 aliphatic carbocycles. The van der Waals surface area contributed by atoms with Crippen LogP contribution in [0.3, 0.4) is 0 Å². The standard InChI is InChI=1S/C56H44N2/c1-5-6-15-39-21-13-24-54(38(39)2)57(45-28-26-40-16-7-9-19-43(40)34-45)47-30-32-50-51-33-31-48(37-53(51)56(3,4)52(50)36-47)58(46-29-27-41-17-8-10-20-44(41)35-46)55-25-14-22-42-18-11-12-23-49(42)55/h5-37H,1H2,2-4H3/b15-6-. The van der Waals surface area contributed by atoms with E-state index in [0.717, 1.165) is 34.1 Å². The van der Waals surface area contributed by atoms with Crippen LogP contribution < -0.4 is 9.80 Å². The smallest absolute Gasteiger partial charge is 0.0540 e. The summed E-state index contributed by atoms with van der Waals surface area (Å²) in [6.45, 7) is 10.9. The number of fused-ring (bicyclic) bond motifs is 6. The van der Waals surface area contributed by atoms with Crippen molar-refractivity contribution in [2.24, 2.45) is 0 Å². The normalized spacial score (nSPS) is 12.9. The zero-order chi connectivity index (χ0) is 39.4. The molecule has 0 aromatic heterocycles. The number of benzene rings is 9. The summed E-state index contributed by atoms with van der Waals surface area (Å²) >= 11 is 0. The highest BCUT2D eigenvalue weighted by molar-refractivity contribution is 6.01. The van der Waals surface area contributed by atoms with Crippen LogP contribution in [0.2, 0.25) is 0 Å². The highest BCUT2D eigenvalue weighted by Gasteiger charge is 2.37. The molecule has 0 bridgehead atoms. The molecule has 0 unspecified atom stereocenters. The van der Waals surface area contributed by atoms with Crippen LogP contribution in [-0.2, 0) is 5.41 Å². The van der Waals surface area contributed by atoms with E-state index in [1.165, 1.54) is 65.7 Å². The lowest BCUT2D eigenvalue weighted by molar-refractivity contribution is 0.660. The second-order valence-electron chi connectivity index (χ2n) is 15.9. The Morgan fingerprint density at radius 2 is 0.914 bits per heavy atom. The summed E-state index contributed by atoms with van der Waals surface area (Å²) in [4.78, 5) is 4.87. The van der Waals surface area contributed by atoms with Crippen molar-refractivity contribution in [3.8, 4) is 11.1 Å². The van der Waals surface area contributed by atoms with E-state index in [2.05, 4.69) is 225 Å². The summed E-state index contributed by atoms with van der Waals surface area (Å²) in [6.07, 6.45) is 5.99. The van der Waals surface area contributed by atoms with Crippen LogP contribution in [0.5, 0.6) is 0 Å². The van der Waals surface area contributed by atoms with Gasteiger partial charge < -0.3 is 9.80 Å². The molecule has 0 radical (unpaired) electrons. The molecule has 9 aromatic carbocycles. The Morgan fingerprint density at radius 3 is 1.52 bits per heavy atom. The first kappa shape index (κ1) is 35.3. The molecule has 0 saturated heterocycles. The zero-order valence-corrected chi connectivity index (χ0v) is 33.2. The summed E-state index contributed by atoms with van der Waals surface area (Å²) in [6, 6.07) is 66.9. The van der Waals surface area contributed by atoms with Crippen molar-refractivity contribution < 1.29 is 0 Å². The second-order valence-corrected chi connectivity index (χ2v) is 15.9. The summed E-state index contributed by atoms with van der Waals surface area (Å²) in [7, 11) is 0. The molecule has 0 amide bonds. The maximum atomic E-state index is 3.92. The highest BCUT2D eigenvalue weighted by Crippen LogP contribution is 2.53. The number of nitrogens with zero attached hydrogens (tertiary/aromatic N) is 2. The topological polar surface area (TPSA) is 6.48 Å². The number of anilines is 6. The van der Waals surface area contributed by atoms with Crippen LogP contribution in [0.4, 0.5) is 34.1 Å². The van der Waals surface area contributed by atoms with E-state index in [9.17, 15) is 0 Å². The average Bonchev–Trinajstić information content (AvgIpc) is 3.48. The molecule has 0 fully saturated rings. The third-order valence-electron chi connectivity index (χ3n) is 12.1. The minimum absolute atomic E-state index is 0.261. The van der Waals surface area contributed by atoms with E-state index in [4.69, 9.17) is 0 Å². The van der Waals surface area contributed by atoms with Crippen LogP contribution in [-0.4, -0.2) is 0 Å². The largest absolute Gasteiger partial charge is 0.310 e. The van der Waals surface area contributed by atoms with Crippen LogP contribution in [0.15, 0.2) is 201 Å². The van der Waals surface area contributed by atoms with E-state index in [1.807, 2.05) is 12.2 Å². The summed E-state index contributed by atoms with van der Waals surface area (Å²) in [5.74, 6) is 0. The van der Waals surface area contributed by atoms with Gasteiger partial charge in [-0.05, 0) is 128 Å². The minimum atomic E-state index is -0.261. The first-order valence-electron chi connectivity index (χ1n) is 20.1. The molecule has 9 aromatic rings. The lowest BCUT2D eigenvalue weighted by Crippen LogP contribution is -2.18. The fourth-order valence-corrected chi connectivity index (χ4v) is 9.12. The maximum Gasteiger partial charge on any atom is 0.0540 e. The fraction of sp³-hybridized carbons (Fsp3) is 0.0714. The molecule has 2 nitrogen and oxygen atoms in total. The minimum Gasteiger partial charge on any atom is -0.310 e. The van der Waals surface area contributed by atoms with Gasteiger partial charge in [-0.2, -0.15) is 0 Å². The Hall–Kier alpha value is -7.16. The van der Waals surface area contributed by atoms with Gasteiger partial charge in [-0.1, -0.05) is 160 Å². The number of hydrogen-bond acceptors (Lipinski definition) is 2. The molecule has 0 spiro atoms. The van der Waals surface area contributed by atoms with Crippen molar-refractivity contribution >= 4 is 72.5 Å². The second kappa shape index (κ2) is 14.1. The Labute approximate surface area is 341 Å². The maximum absolute atomic E-state index is 3.92. The summed E-state index contributed by atoms with van der Waals surface area (Å²) in [5, 5.41) is 7.35. The Morgan fingerprint density at radius 1 is 0.448 bits per heavy atom. The molecule has 10 rings (SSSR count). The third-order valence-corrected chi connectivity index (χ3v) is 12.1. The van der Waals surface area contributed by atoms with Crippen LogP contribution >= 0.6 is 0 Å². The van der Waals surface area contributed by atoms with Crippen LogP contribution in [0.1, 0.15) is 36.1 Å². The molecular formula is C56H44N2. The van der Waals surface area contributed by atoms with Gasteiger partial charge in [-0.15, -0.1) is 0 Å². The van der Waals surface area contributed by atoms with E-state index in [1.54, 1.807) is 0 Å². The predicted octanol–water partition coefficient (Wildman–Crippen LogP) is 15.9. The van der Waals surface area contributed by atoms with Crippen molar-refractivity contribution in [3.05, 3.63) is 223 Å². The monoisotopic (exact) mass is 744 g/mol. The quantitative estimate of drug-likeness (QED) is 0.143. The van der Waals surface area contributed by atoms with Gasteiger partial charge in [0.05, 0.1) is 5.69 Å². The molecule has 0 aliphatic heterocycles. The number of allylic oxidation sites excluding steroid dienone is 2. The van der Waals surface area contributed by atoms with Crippen molar-refractivity contribution in [1.82, 2.24) is 0 Å². The van der Waals surface area contributed by atoms with Crippen LogP contribution in [0.25, 0.3) is 49.5 Å². The lowest BCUT2D eigenvalue weighted by Gasteiger charge is -2.30. The van der Waals surface area contributed by atoms with Gasteiger partial charge in [-0.3, -0.25) is 0 Å². The first-order valence-corrected chi connectivity index (χ1v) is 20.1. The van der Waals surface area contributed by atoms with Crippen molar-refractivity contribution in [1.29, 1.82) is 0 Å².